The summed E-state index contributed by atoms with van der Waals surface area (Å²) in [5.41, 5.74) is 0.0370. The molecular formula is C76H106F6N6O25S2. The van der Waals surface area contributed by atoms with Crippen molar-refractivity contribution in [1.82, 2.24) is 19.2 Å². The third-order valence-electron chi connectivity index (χ3n) is 17.5. The number of aromatic hydroxyl groups is 1. The summed E-state index contributed by atoms with van der Waals surface area (Å²) in [5, 5.41) is 52.3. The van der Waals surface area contributed by atoms with E-state index in [1.807, 2.05) is 27.7 Å². The number of phenols is 1. The number of azo groups is 1. The van der Waals surface area contributed by atoms with Crippen LogP contribution in [0.5, 0.6) is 34.5 Å². The fourth-order valence-corrected chi connectivity index (χ4v) is 15.5. The van der Waals surface area contributed by atoms with Gasteiger partial charge in [-0.15, -0.1) is 0 Å². The molecule has 4 amide bonds. The van der Waals surface area contributed by atoms with Gasteiger partial charge < -0.3 is 92.6 Å². The van der Waals surface area contributed by atoms with Gasteiger partial charge in [0.2, 0.25) is 20.0 Å². The zero-order valence-electron chi connectivity index (χ0n) is 65.8. The zero-order chi connectivity index (χ0) is 84.6. The lowest BCUT2D eigenvalue weighted by Gasteiger charge is -2.31. The number of carbonyl (C=O) groups excluding carboxylic acids is 4. The molecule has 4 saturated heterocycles. The van der Waals surface area contributed by atoms with E-state index in [2.05, 4.69) is 20.9 Å². The van der Waals surface area contributed by atoms with Crippen LogP contribution in [0.4, 0.5) is 45.5 Å². The highest BCUT2D eigenvalue weighted by molar-refractivity contribution is 7.89. The lowest BCUT2D eigenvalue weighted by molar-refractivity contribution is -0.137. The van der Waals surface area contributed by atoms with Crippen LogP contribution in [-0.4, -0.2) is 235 Å². The van der Waals surface area contributed by atoms with Gasteiger partial charge in [-0.1, -0.05) is 62.2 Å². The summed E-state index contributed by atoms with van der Waals surface area (Å²) >= 11 is 0. The number of hydrogen-bond acceptors (Lipinski definition) is 25. The summed E-state index contributed by atoms with van der Waals surface area (Å²) in [7, 11) is -8.20. The van der Waals surface area contributed by atoms with E-state index in [1.54, 1.807) is 84.0 Å². The number of aliphatic hydroxyl groups is 3. The van der Waals surface area contributed by atoms with E-state index in [0.717, 1.165) is 5.56 Å². The Labute approximate surface area is 664 Å². The number of rotatable bonds is 28. The molecule has 0 bridgehead atoms. The number of benzene rings is 4. The molecule has 31 nitrogen and oxygen atoms in total. The first kappa shape index (κ1) is 94.0. The van der Waals surface area contributed by atoms with Gasteiger partial charge in [0, 0.05) is 57.8 Å². The van der Waals surface area contributed by atoms with Crippen molar-refractivity contribution in [3.63, 3.8) is 0 Å². The molecule has 4 fully saturated rings. The van der Waals surface area contributed by atoms with Gasteiger partial charge in [-0.2, -0.15) is 35.0 Å². The van der Waals surface area contributed by atoms with Crippen LogP contribution in [0.1, 0.15) is 119 Å². The predicted octanol–water partition coefficient (Wildman–Crippen LogP) is 11.2. The third kappa shape index (κ3) is 31.7. The van der Waals surface area contributed by atoms with Crippen LogP contribution in [0.15, 0.2) is 105 Å². The summed E-state index contributed by atoms with van der Waals surface area (Å²) < 4.78 is 199. The number of amides is 4. The van der Waals surface area contributed by atoms with Crippen molar-refractivity contribution in [1.29, 1.82) is 0 Å². The summed E-state index contributed by atoms with van der Waals surface area (Å²) in [6.07, 6.45) is -16.9. The second-order valence-electron chi connectivity index (χ2n) is 30.5. The molecule has 6 heterocycles. The number of ether oxygens (including phenoxy) is 13. The van der Waals surface area contributed by atoms with E-state index in [9.17, 15) is 77.7 Å². The second kappa shape index (κ2) is 42.8. The largest absolute Gasteiger partial charge is 0.508 e. The van der Waals surface area contributed by atoms with E-state index in [-0.39, 0.29) is 124 Å². The number of sulfonamides is 2. The maximum absolute atomic E-state index is 13.9. The Kier molecular flexibility index (Phi) is 35.0. The number of alkyl halides is 6. The Hall–Kier alpha value is -8.12. The first-order valence-electron chi connectivity index (χ1n) is 37.6. The SMILES string of the molecule is CC(C)(C)OC(=O)N=NC(=O)OC(C)(C)C.CC(C)CN(C[C@@H](O)[C@H](Cc1ccc(O)cc1)NC(=O)O[C@H]1CO[C@H]2OCC[C@H]21)S(=O)(=O)c1ccc2c(c1)OCCO2.CC(C)CN(C[C@@H](O)[C@H](Cc1ccc(OCCCC(F)(F)F)cc1)NC(=O)O[C@H]1CO[C@H]2OCC[C@H]21)S(=O)(=O)c1ccc2c(c1)OCCO2.OCCCC(F)(F)F. The number of hydrogen-bond donors (Lipinski definition) is 6. The molecule has 4 aromatic carbocycles. The molecule has 4 aromatic rings. The van der Waals surface area contributed by atoms with Gasteiger partial charge in [0.25, 0.3) is 0 Å². The van der Waals surface area contributed by atoms with Crippen LogP contribution in [0, 0.1) is 23.7 Å². The molecule has 0 unspecified atom stereocenters. The lowest BCUT2D eigenvalue weighted by atomic mass is 10.0. The average Bonchev–Trinajstić information content (AvgIpc) is 1.75. The topological polar surface area (TPSA) is 393 Å². The van der Waals surface area contributed by atoms with E-state index < -0.39 is 130 Å². The quantitative estimate of drug-likeness (QED) is 0.0133. The first-order chi connectivity index (χ1) is 53.9. The van der Waals surface area contributed by atoms with Gasteiger partial charge in [0.05, 0.1) is 79.0 Å². The van der Waals surface area contributed by atoms with Gasteiger partial charge in [0.1, 0.15) is 61.3 Å². The van der Waals surface area contributed by atoms with E-state index >= 15 is 0 Å². The average molecular weight is 1680 g/mol. The number of halogens is 6. The van der Waals surface area contributed by atoms with Crippen molar-refractivity contribution in [2.45, 2.75) is 203 Å². The van der Waals surface area contributed by atoms with Crippen LogP contribution >= 0.6 is 0 Å². The zero-order valence-corrected chi connectivity index (χ0v) is 67.4. The van der Waals surface area contributed by atoms with E-state index in [4.69, 9.17) is 66.7 Å². The molecule has 0 spiro atoms. The van der Waals surface area contributed by atoms with Crippen molar-refractivity contribution in [2.24, 2.45) is 33.9 Å². The predicted molar refractivity (Wildman–Crippen MR) is 398 cm³/mol. The molecule has 0 radical (unpaired) electrons. The lowest BCUT2D eigenvalue weighted by Crippen LogP contribution is -2.51. The molecule has 6 aliphatic rings. The molecular weight excluding hydrogens is 1570 g/mol. The van der Waals surface area contributed by atoms with Crippen molar-refractivity contribution in [3.8, 4) is 34.5 Å². The molecule has 644 valence electrons. The number of alkyl carbamates (subject to hydrolysis) is 2. The van der Waals surface area contributed by atoms with Crippen molar-refractivity contribution >= 4 is 44.4 Å². The minimum Gasteiger partial charge on any atom is -0.508 e. The second-order valence-corrected chi connectivity index (χ2v) is 34.4. The van der Waals surface area contributed by atoms with Crippen molar-refractivity contribution in [3.05, 3.63) is 96.1 Å². The molecule has 0 saturated carbocycles. The molecule has 10 atom stereocenters. The number of phenolic OH excluding ortho intramolecular Hbond substituents is 1. The smallest absolute Gasteiger partial charge is 0.453 e. The number of nitrogens with one attached hydrogen (secondary N) is 2. The summed E-state index contributed by atoms with van der Waals surface area (Å²) in [4.78, 5) is 48.3. The van der Waals surface area contributed by atoms with Gasteiger partial charge in [-0.05, 0) is 152 Å². The molecule has 0 aliphatic carbocycles. The van der Waals surface area contributed by atoms with Crippen LogP contribution < -0.4 is 34.3 Å². The standard InChI is InChI=1S/C33H43F3N2O10S.C29H38N2O10S.C10H18N2O4.C4H7F3O/c1-21(2)18-38(49(41,42)24-8-9-28-29(17-24)45-15-14-44-28)19-27(39)26(37-32(40)48-30-20-47-31-25(30)10-13-46-31)16-22-4-6-23(7-5-22)43-12-3-11-33(34,35)36;1-18(2)15-31(42(35,36)21-7-8-25-26(14-21)38-12-11-37-25)16-24(33)23(13-19-3-5-20(32)6-4-19)30-29(34)41-27-17-40-28-22(27)9-10-39-28;1-9(2,3)15-7(13)11-12-8(14)16-10(4,5)6;5-4(6,7)2-1-3-8/h4-9,17,21,25-27,30-31,39H,3,10-16,18-20H2,1-2H3,(H,37,40);3-8,14,18,22-24,27-28,32-33H,9-13,15-17H2,1-2H3,(H,30,34);1-6H3;8H,1-3H2/t25-,26-,27+,30-,31+;22-,23-,24+,27-,28+;;/m00../s1. The summed E-state index contributed by atoms with van der Waals surface area (Å²) in [6, 6.07) is 19.7. The Morgan fingerprint density at radius 1 is 0.530 bits per heavy atom. The monoisotopic (exact) mass is 1680 g/mol. The maximum Gasteiger partial charge on any atom is 0.453 e. The molecule has 10 rings (SSSR count). The van der Waals surface area contributed by atoms with Crippen LogP contribution in [0.3, 0.4) is 0 Å². The van der Waals surface area contributed by atoms with Gasteiger partial charge in [-0.3, -0.25) is 0 Å². The maximum atomic E-state index is 13.9. The van der Waals surface area contributed by atoms with Crippen molar-refractivity contribution < 1.29 is 144 Å². The number of carbonyl (C=O) groups is 4. The number of fused-ring (bicyclic) bond motifs is 4. The van der Waals surface area contributed by atoms with Gasteiger partial charge in [0.15, 0.2) is 35.6 Å². The fourth-order valence-electron chi connectivity index (χ4n) is 12.3. The molecule has 39 heteroatoms. The highest BCUT2D eigenvalue weighted by Crippen LogP contribution is 2.38. The van der Waals surface area contributed by atoms with Gasteiger partial charge in [-0.25, -0.2) is 36.0 Å². The minimum atomic E-state index is -4.26. The minimum absolute atomic E-state index is 0.0108. The summed E-state index contributed by atoms with van der Waals surface area (Å²) in [6.45, 7) is 19.4. The van der Waals surface area contributed by atoms with Crippen LogP contribution in [0.2, 0.25) is 0 Å². The van der Waals surface area contributed by atoms with E-state index in [0.29, 0.717) is 80.2 Å². The first-order valence-corrected chi connectivity index (χ1v) is 40.5. The molecule has 6 aliphatic heterocycles. The Morgan fingerprint density at radius 3 is 1.28 bits per heavy atom. The third-order valence-corrected chi connectivity index (χ3v) is 21.2. The van der Waals surface area contributed by atoms with Crippen LogP contribution in [-0.2, 0) is 70.8 Å². The van der Waals surface area contributed by atoms with Crippen LogP contribution in [0.25, 0.3) is 0 Å². The Morgan fingerprint density at radius 2 is 0.913 bits per heavy atom. The number of nitrogens with zero attached hydrogens (tertiary/aromatic N) is 4. The summed E-state index contributed by atoms with van der Waals surface area (Å²) in [5.74, 6) is 1.64. The Bertz CT molecular complexity index is 3990. The Balaban J connectivity index is 0.000000250. The normalized spacial score (nSPS) is 20.3. The fraction of sp³-hybridized carbons (Fsp3) is 0.632. The molecule has 0 aromatic heterocycles. The van der Waals surface area contributed by atoms with Gasteiger partial charge >= 0.3 is 36.7 Å². The molecule has 115 heavy (non-hydrogen) atoms. The highest BCUT2D eigenvalue weighted by Gasteiger charge is 2.46. The molecule has 6 N–H and O–H groups in total. The van der Waals surface area contributed by atoms with Crippen molar-refractivity contribution in [2.75, 3.05) is 92.2 Å². The highest BCUT2D eigenvalue weighted by atomic mass is 32.2. The van der Waals surface area contributed by atoms with E-state index in [1.165, 1.54) is 51.1 Å². The number of aliphatic hydroxyl groups excluding tert-OH is 3.